The van der Waals surface area contributed by atoms with Crippen LogP contribution in [-0.4, -0.2) is 15.8 Å². The zero-order valence-corrected chi connectivity index (χ0v) is 11.7. The molecule has 102 valence electrons. The quantitative estimate of drug-likeness (QED) is 0.909. The largest absolute Gasteiger partial charge is 0.383 e. The van der Waals surface area contributed by atoms with Gasteiger partial charge in [-0.3, -0.25) is 4.79 Å². The number of nitrogen functional groups attached to an aromatic ring is 1. The Morgan fingerprint density at radius 1 is 1.25 bits per heavy atom. The van der Waals surface area contributed by atoms with Gasteiger partial charge >= 0.3 is 0 Å². The molecule has 4 heteroatoms. The molecule has 3 rings (SSSR count). The summed E-state index contributed by atoms with van der Waals surface area (Å²) in [6, 6.07) is 8.16. The molecule has 0 radical (unpaired) electrons. The molecular weight excluding hydrogens is 250 g/mol. The smallest absolute Gasteiger partial charge is 0.258 e. The Kier molecular flexibility index (Phi) is 2.93. The number of anilines is 1. The Morgan fingerprint density at radius 2 is 2.05 bits per heavy atom. The van der Waals surface area contributed by atoms with Crippen LogP contribution < -0.4 is 5.73 Å². The van der Waals surface area contributed by atoms with Crippen LogP contribution in [0.1, 0.15) is 32.6 Å². The second-order valence-corrected chi connectivity index (χ2v) is 5.31. The zero-order valence-electron chi connectivity index (χ0n) is 11.7. The van der Waals surface area contributed by atoms with Crippen LogP contribution in [-0.2, 0) is 13.1 Å². The summed E-state index contributed by atoms with van der Waals surface area (Å²) >= 11 is 0. The van der Waals surface area contributed by atoms with Gasteiger partial charge in [-0.1, -0.05) is 18.2 Å². The number of nitrogens with two attached hydrogens (primary N) is 1. The predicted octanol–water partition coefficient (Wildman–Crippen LogP) is 2.44. The van der Waals surface area contributed by atoms with Crippen LogP contribution in [0, 0.1) is 13.8 Å². The standard InChI is InChI=1S/C16H17N3O/c1-10-3-4-12(7-11(10)2)8-19-9-13-5-6-18-15(17)14(13)16(19)20/h3-7H,8-9H2,1-2H3,(H2,17,18). The number of hydrogen-bond donors (Lipinski definition) is 1. The number of aromatic nitrogens is 1. The molecule has 0 saturated heterocycles. The van der Waals surface area contributed by atoms with E-state index in [1.165, 1.54) is 11.1 Å². The minimum Gasteiger partial charge on any atom is -0.383 e. The third-order valence-corrected chi connectivity index (χ3v) is 3.87. The number of aryl methyl sites for hydroxylation is 2. The average Bonchev–Trinajstić information content (AvgIpc) is 2.72. The lowest BCUT2D eigenvalue weighted by atomic mass is 10.1. The van der Waals surface area contributed by atoms with Gasteiger partial charge in [-0.25, -0.2) is 4.98 Å². The van der Waals surface area contributed by atoms with Gasteiger partial charge in [0.15, 0.2) is 0 Å². The number of carbonyl (C=O) groups excluding carboxylic acids is 1. The van der Waals surface area contributed by atoms with Crippen LogP contribution in [0.15, 0.2) is 30.5 Å². The maximum Gasteiger partial charge on any atom is 0.258 e. The maximum atomic E-state index is 12.4. The summed E-state index contributed by atoms with van der Waals surface area (Å²) in [4.78, 5) is 18.2. The van der Waals surface area contributed by atoms with Crippen LogP contribution in [0.5, 0.6) is 0 Å². The van der Waals surface area contributed by atoms with Crippen LogP contribution >= 0.6 is 0 Å². The van der Waals surface area contributed by atoms with E-state index in [4.69, 9.17) is 5.73 Å². The SMILES string of the molecule is Cc1ccc(CN2Cc3ccnc(N)c3C2=O)cc1C. The summed E-state index contributed by atoms with van der Waals surface area (Å²) in [5.74, 6) is 0.305. The molecule has 0 spiro atoms. The van der Waals surface area contributed by atoms with Gasteiger partial charge in [-0.15, -0.1) is 0 Å². The lowest BCUT2D eigenvalue weighted by Crippen LogP contribution is -2.23. The first kappa shape index (κ1) is 12.7. The number of carbonyl (C=O) groups is 1. The third-order valence-electron chi connectivity index (χ3n) is 3.87. The molecule has 0 fully saturated rings. The molecule has 1 aliphatic heterocycles. The van der Waals surface area contributed by atoms with Crippen molar-refractivity contribution in [3.05, 3.63) is 58.3 Å². The van der Waals surface area contributed by atoms with Gasteiger partial charge in [0.1, 0.15) is 5.82 Å². The highest BCUT2D eigenvalue weighted by Crippen LogP contribution is 2.27. The Hall–Kier alpha value is -2.36. The third kappa shape index (κ3) is 2.03. The number of pyridine rings is 1. The van der Waals surface area contributed by atoms with E-state index >= 15 is 0 Å². The molecule has 2 N–H and O–H groups in total. The van der Waals surface area contributed by atoms with E-state index in [9.17, 15) is 4.79 Å². The molecule has 4 nitrogen and oxygen atoms in total. The zero-order chi connectivity index (χ0) is 14.3. The minimum atomic E-state index is -0.0242. The molecular formula is C16H17N3O. The van der Waals surface area contributed by atoms with Gasteiger partial charge in [-0.2, -0.15) is 0 Å². The van der Waals surface area contributed by atoms with E-state index in [0.29, 0.717) is 24.5 Å². The van der Waals surface area contributed by atoms with Crippen molar-refractivity contribution in [3.8, 4) is 0 Å². The van der Waals surface area contributed by atoms with E-state index < -0.39 is 0 Å². The summed E-state index contributed by atoms with van der Waals surface area (Å²) in [6.07, 6.45) is 1.65. The van der Waals surface area contributed by atoms with Gasteiger partial charge in [0.05, 0.1) is 5.56 Å². The topological polar surface area (TPSA) is 59.2 Å². The number of fused-ring (bicyclic) bond motifs is 1. The summed E-state index contributed by atoms with van der Waals surface area (Å²) in [6.45, 7) is 5.38. The Labute approximate surface area is 118 Å². The van der Waals surface area contributed by atoms with E-state index in [-0.39, 0.29) is 5.91 Å². The molecule has 1 aliphatic rings. The number of rotatable bonds is 2. The molecule has 0 aliphatic carbocycles. The van der Waals surface area contributed by atoms with E-state index in [2.05, 4.69) is 37.0 Å². The summed E-state index contributed by atoms with van der Waals surface area (Å²) in [5.41, 5.74) is 11.0. The minimum absolute atomic E-state index is 0.0242. The van der Waals surface area contributed by atoms with Gasteiger partial charge in [-0.05, 0) is 42.2 Å². The lowest BCUT2D eigenvalue weighted by molar-refractivity contribution is 0.0767. The van der Waals surface area contributed by atoms with Gasteiger partial charge < -0.3 is 10.6 Å². The van der Waals surface area contributed by atoms with Crippen LogP contribution in [0.25, 0.3) is 0 Å². The van der Waals surface area contributed by atoms with Gasteiger partial charge in [0.2, 0.25) is 0 Å². The Morgan fingerprint density at radius 3 is 2.75 bits per heavy atom. The fourth-order valence-electron chi connectivity index (χ4n) is 2.58. The fraction of sp³-hybridized carbons (Fsp3) is 0.250. The second kappa shape index (κ2) is 4.63. The maximum absolute atomic E-state index is 12.4. The number of benzene rings is 1. The first-order chi connectivity index (χ1) is 9.56. The van der Waals surface area contributed by atoms with Gasteiger partial charge in [0, 0.05) is 19.3 Å². The molecule has 2 heterocycles. The van der Waals surface area contributed by atoms with Crippen molar-refractivity contribution in [3.63, 3.8) is 0 Å². The highest BCUT2D eigenvalue weighted by Gasteiger charge is 2.29. The van der Waals surface area contributed by atoms with Crippen molar-refractivity contribution in [2.45, 2.75) is 26.9 Å². The molecule has 1 aromatic heterocycles. The summed E-state index contributed by atoms with van der Waals surface area (Å²) in [7, 11) is 0. The second-order valence-electron chi connectivity index (χ2n) is 5.31. The van der Waals surface area contributed by atoms with Crippen molar-refractivity contribution in [2.24, 2.45) is 0 Å². The van der Waals surface area contributed by atoms with E-state index in [0.717, 1.165) is 11.1 Å². The lowest BCUT2D eigenvalue weighted by Gasteiger charge is -2.16. The van der Waals surface area contributed by atoms with Gasteiger partial charge in [0.25, 0.3) is 5.91 Å². The molecule has 0 saturated carbocycles. The molecule has 0 bridgehead atoms. The Balaban J connectivity index is 1.86. The Bertz CT molecular complexity index is 694. The molecule has 2 aromatic rings. The van der Waals surface area contributed by atoms with Crippen LogP contribution in [0.2, 0.25) is 0 Å². The molecule has 1 aromatic carbocycles. The monoisotopic (exact) mass is 267 g/mol. The summed E-state index contributed by atoms with van der Waals surface area (Å²) < 4.78 is 0. The van der Waals surface area contributed by atoms with Crippen molar-refractivity contribution < 1.29 is 4.79 Å². The highest BCUT2D eigenvalue weighted by atomic mass is 16.2. The van der Waals surface area contributed by atoms with Crippen molar-refractivity contribution in [2.75, 3.05) is 5.73 Å². The number of nitrogens with zero attached hydrogens (tertiary/aromatic N) is 2. The predicted molar refractivity (Wildman–Crippen MR) is 78.1 cm³/mol. The highest BCUT2D eigenvalue weighted by molar-refractivity contribution is 6.02. The first-order valence-electron chi connectivity index (χ1n) is 6.65. The average molecular weight is 267 g/mol. The summed E-state index contributed by atoms with van der Waals surface area (Å²) in [5, 5.41) is 0. The normalized spacial score (nSPS) is 13.7. The van der Waals surface area contributed by atoms with Crippen LogP contribution in [0.3, 0.4) is 0 Å². The number of hydrogen-bond acceptors (Lipinski definition) is 3. The van der Waals surface area contributed by atoms with Crippen LogP contribution in [0.4, 0.5) is 5.82 Å². The van der Waals surface area contributed by atoms with Crippen molar-refractivity contribution in [1.82, 2.24) is 9.88 Å². The molecule has 0 atom stereocenters. The molecule has 0 unspecified atom stereocenters. The number of amides is 1. The van der Waals surface area contributed by atoms with Crippen molar-refractivity contribution in [1.29, 1.82) is 0 Å². The fourth-order valence-corrected chi connectivity index (χ4v) is 2.58. The van der Waals surface area contributed by atoms with Crippen molar-refractivity contribution >= 4 is 11.7 Å². The molecule has 1 amide bonds. The first-order valence-corrected chi connectivity index (χ1v) is 6.65. The van der Waals surface area contributed by atoms with E-state index in [1.807, 2.05) is 11.0 Å². The van der Waals surface area contributed by atoms with E-state index in [1.54, 1.807) is 6.20 Å². The molecule has 20 heavy (non-hydrogen) atoms.